The number of hydrogen-bond donors (Lipinski definition) is 9. The molecule has 0 bridgehead atoms. The van der Waals surface area contributed by atoms with Gasteiger partial charge in [-0.3, -0.25) is 25.2 Å². The maximum atomic E-state index is 11.8. The number of amides is 7. The molecular weight excluding hydrogens is 582 g/mol. The number of fused-ring (bicyclic) bond motifs is 2. The van der Waals surface area contributed by atoms with Crippen LogP contribution < -0.4 is 49.1 Å². The zero-order valence-corrected chi connectivity index (χ0v) is 25.7. The number of nitrogens with one attached hydrogen (secondary N) is 7. The topological polar surface area (TPSA) is 222 Å². The zero-order chi connectivity index (χ0) is 30.3. The minimum Gasteiger partial charge on any atom is -0.356 e. The first-order chi connectivity index (χ1) is 20.3. The van der Waals surface area contributed by atoms with Crippen LogP contribution in [0.2, 0.25) is 0 Å². The Labute approximate surface area is 255 Å². The summed E-state index contributed by atoms with van der Waals surface area (Å²) >= 11 is 3.80. The minimum absolute atomic E-state index is 0.0483. The highest BCUT2D eigenvalue weighted by Crippen LogP contribution is 2.34. The molecule has 4 aliphatic heterocycles. The van der Waals surface area contributed by atoms with Gasteiger partial charge in [0.15, 0.2) is 0 Å². The van der Waals surface area contributed by atoms with Crippen LogP contribution in [0.5, 0.6) is 0 Å². The molecule has 42 heavy (non-hydrogen) atoms. The molecule has 6 atom stereocenters. The molecule has 238 valence electrons. The number of rotatable bonds is 16. The Morgan fingerprint density at radius 2 is 1.10 bits per heavy atom. The first kappa shape index (κ1) is 34.1. The van der Waals surface area contributed by atoms with E-state index in [1.165, 1.54) is 0 Å². The lowest BCUT2D eigenvalue weighted by molar-refractivity contribution is -0.122. The van der Waals surface area contributed by atoms with Gasteiger partial charge in [0.1, 0.15) is 0 Å². The van der Waals surface area contributed by atoms with Crippen LogP contribution in [0.1, 0.15) is 77.0 Å². The van der Waals surface area contributed by atoms with Crippen molar-refractivity contribution in [3.05, 3.63) is 0 Å². The van der Waals surface area contributed by atoms with Crippen molar-refractivity contribution < 1.29 is 24.0 Å². The Morgan fingerprint density at radius 1 is 0.643 bits per heavy atom. The molecule has 4 fully saturated rings. The van der Waals surface area contributed by atoms with Gasteiger partial charge in [-0.15, -0.1) is 0 Å². The van der Waals surface area contributed by atoms with E-state index in [2.05, 4.69) is 37.4 Å². The Bertz CT molecular complexity index is 931. The average Bonchev–Trinajstić information content (AvgIpc) is 3.73. The molecule has 0 aliphatic carbocycles. The molecular formula is C26H47N9O5S2. The molecule has 4 aliphatic rings. The number of carbonyl (C=O) groups is 5. The van der Waals surface area contributed by atoms with Crippen LogP contribution in [-0.4, -0.2) is 82.5 Å². The molecule has 14 nitrogen and oxygen atoms in total. The number of thioether (sulfide) groups is 2. The summed E-state index contributed by atoms with van der Waals surface area (Å²) < 4.78 is 0. The molecule has 6 unspecified atom stereocenters. The third-order valence-corrected chi connectivity index (χ3v) is 10.9. The van der Waals surface area contributed by atoms with Crippen molar-refractivity contribution >= 4 is 53.3 Å². The molecule has 11 N–H and O–H groups in total. The van der Waals surface area contributed by atoms with E-state index in [-0.39, 0.29) is 54.0 Å². The molecule has 4 rings (SSSR count). The Morgan fingerprint density at radius 3 is 1.57 bits per heavy atom. The number of unbranched alkanes of at least 4 members (excludes halogenated alkanes) is 4. The molecule has 0 spiro atoms. The van der Waals surface area contributed by atoms with Gasteiger partial charge in [0.25, 0.3) is 0 Å². The van der Waals surface area contributed by atoms with E-state index in [0.717, 1.165) is 69.3 Å². The second-order valence-corrected chi connectivity index (χ2v) is 13.6. The molecule has 4 saturated heterocycles. The average molecular weight is 630 g/mol. The van der Waals surface area contributed by atoms with Gasteiger partial charge in [0, 0.05) is 47.8 Å². The fourth-order valence-corrected chi connectivity index (χ4v) is 8.68. The predicted molar refractivity (Wildman–Crippen MR) is 164 cm³/mol. The van der Waals surface area contributed by atoms with E-state index in [9.17, 15) is 24.0 Å². The van der Waals surface area contributed by atoms with Crippen LogP contribution in [0.4, 0.5) is 9.59 Å². The van der Waals surface area contributed by atoms with Crippen molar-refractivity contribution in [2.24, 2.45) is 11.7 Å². The Balaban J connectivity index is 0.000000247. The quantitative estimate of drug-likeness (QED) is 0.0370. The number of hydrogen-bond acceptors (Lipinski definition) is 9. The summed E-state index contributed by atoms with van der Waals surface area (Å²) in [6, 6.07) is 0.950. The molecule has 16 heteroatoms. The van der Waals surface area contributed by atoms with Gasteiger partial charge in [0.2, 0.25) is 17.7 Å². The van der Waals surface area contributed by atoms with Crippen molar-refractivity contribution in [1.29, 1.82) is 0 Å². The summed E-state index contributed by atoms with van der Waals surface area (Å²) in [6.45, 7) is 0.656. The molecule has 0 radical (unpaired) electrons. The van der Waals surface area contributed by atoms with Crippen LogP contribution in [0.15, 0.2) is 0 Å². The van der Waals surface area contributed by atoms with E-state index in [0.29, 0.717) is 36.3 Å². The van der Waals surface area contributed by atoms with Crippen molar-refractivity contribution in [3.8, 4) is 0 Å². The lowest BCUT2D eigenvalue weighted by Gasteiger charge is -2.16. The molecule has 0 saturated carbocycles. The molecule has 4 heterocycles. The summed E-state index contributed by atoms with van der Waals surface area (Å²) in [5.41, 5.74) is 4.23. The van der Waals surface area contributed by atoms with Crippen molar-refractivity contribution in [3.63, 3.8) is 0 Å². The van der Waals surface area contributed by atoms with E-state index in [1.807, 2.05) is 23.5 Å². The van der Waals surface area contributed by atoms with E-state index in [1.54, 1.807) is 0 Å². The number of hydrazine groups is 2. The minimum atomic E-state index is -0.149. The van der Waals surface area contributed by atoms with Gasteiger partial charge in [0.05, 0.1) is 24.2 Å². The fourth-order valence-electron chi connectivity index (χ4n) is 5.60. The fraction of sp³-hybridized carbons (Fsp3) is 0.808. The van der Waals surface area contributed by atoms with E-state index in [4.69, 9.17) is 11.7 Å². The van der Waals surface area contributed by atoms with Crippen molar-refractivity contribution in [1.82, 2.24) is 37.4 Å². The second kappa shape index (κ2) is 18.3. The van der Waals surface area contributed by atoms with Crippen LogP contribution in [0.3, 0.4) is 0 Å². The van der Waals surface area contributed by atoms with Gasteiger partial charge in [-0.05, 0) is 38.5 Å². The van der Waals surface area contributed by atoms with Crippen LogP contribution in [0.25, 0.3) is 0 Å². The second-order valence-electron chi connectivity index (χ2n) is 11.0. The normalized spacial score (nSPS) is 26.9. The third-order valence-electron chi connectivity index (χ3n) is 7.89. The van der Waals surface area contributed by atoms with Crippen LogP contribution in [0, 0.1) is 0 Å². The smallest absolute Gasteiger partial charge is 0.315 e. The largest absolute Gasteiger partial charge is 0.356 e. The summed E-state index contributed by atoms with van der Waals surface area (Å²) in [5.74, 6) is 11.8. The van der Waals surface area contributed by atoms with Crippen molar-refractivity contribution in [2.75, 3.05) is 18.1 Å². The predicted octanol–water partition coefficient (Wildman–Crippen LogP) is 0.0808. The van der Waals surface area contributed by atoms with Gasteiger partial charge in [-0.25, -0.2) is 21.3 Å². The van der Waals surface area contributed by atoms with Gasteiger partial charge in [-0.1, -0.05) is 19.3 Å². The standard InChI is InChI=1S/C16H29N5O3S.C10H18N4O2S/c17-21-14(23)8-2-1-5-9-18-13(22)7-4-3-6-12-15-11(10-25-12)19-16(24)20-15;11-14-8(15)4-2-1-3-7-9-6(5-17-7)12-10(16)13-9/h11-12,15H,1-10,17H2,(H,18,22)(H,21,23)(H2,19,20,24);6-7,9H,1-5,11H2,(H,14,15)(H2,12,13,16). The summed E-state index contributed by atoms with van der Waals surface area (Å²) in [6.07, 6.45) is 9.79. The summed E-state index contributed by atoms with van der Waals surface area (Å²) in [5, 5.41) is 15.6. The van der Waals surface area contributed by atoms with Gasteiger partial charge < -0.3 is 26.6 Å². The monoisotopic (exact) mass is 629 g/mol. The van der Waals surface area contributed by atoms with E-state index >= 15 is 0 Å². The first-order valence-corrected chi connectivity index (χ1v) is 17.0. The highest BCUT2D eigenvalue weighted by Gasteiger charge is 2.43. The lowest BCUT2D eigenvalue weighted by atomic mass is 10.0. The lowest BCUT2D eigenvalue weighted by Crippen LogP contribution is -2.36. The van der Waals surface area contributed by atoms with Gasteiger partial charge in [-0.2, -0.15) is 23.5 Å². The SMILES string of the molecule is NNC(=O)CCCCC1SCC2NC(=O)NC21.NNC(=O)CCCCCNC(=O)CCCCC1SCC2NC(=O)NC21. The maximum absolute atomic E-state index is 11.8. The maximum Gasteiger partial charge on any atom is 0.315 e. The third kappa shape index (κ3) is 11.3. The first-order valence-electron chi connectivity index (χ1n) is 14.9. The Hall–Kier alpha value is -2.43. The number of nitrogens with two attached hydrogens (primary N) is 2. The number of carbonyl (C=O) groups excluding carboxylic acids is 5. The summed E-state index contributed by atoms with van der Waals surface area (Å²) in [4.78, 5) is 56.1. The van der Waals surface area contributed by atoms with Crippen molar-refractivity contribution in [2.45, 2.75) is 112 Å². The molecule has 0 aromatic carbocycles. The van der Waals surface area contributed by atoms with E-state index < -0.39 is 0 Å². The Kier molecular flexibility index (Phi) is 14.8. The molecule has 0 aromatic rings. The molecule has 7 amide bonds. The highest BCUT2D eigenvalue weighted by molar-refractivity contribution is 8.00. The highest BCUT2D eigenvalue weighted by atomic mass is 32.2. The number of urea groups is 2. The van der Waals surface area contributed by atoms with Crippen LogP contribution in [-0.2, 0) is 14.4 Å². The zero-order valence-electron chi connectivity index (χ0n) is 24.1. The van der Waals surface area contributed by atoms with Gasteiger partial charge >= 0.3 is 12.1 Å². The van der Waals surface area contributed by atoms with Crippen LogP contribution >= 0.6 is 23.5 Å². The molecule has 0 aromatic heterocycles. The summed E-state index contributed by atoms with van der Waals surface area (Å²) in [7, 11) is 0.